The average molecular weight is 322 g/mol. The Morgan fingerprint density at radius 3 is 2.33 bits per heavy atom. The molecular weight excluding hydrogens is 306 g/mol. The third kappa shape index (κ3) is 3.61. The Morgan fingerprint density at radius 2 is 1.67 bits per heavy atom. The molecule has 0 aliphatic heterocycles. The Hall–Kier alpha value is -0.770. The first-order chi connectivity index (χ1) is 8.66. The molecule has 1 unspecified atom stereocenters. The van der Waals surface area contributed by atoms with Gasteiger partial charge in [-0.25, -0.2) is 0 Å². The largest absolute Gasteiger partial charge is 0.328 e. The van der Waals surface area contributed by atoms with Crippen molar-refractivity contribution < 1.29 is 0 Å². The Kier molecular flexibility index (Phi) is 4.87. The molecule has 2 aromatic rings. The van der Waals surface area contributed by atoms with Gasteiger partial charge in [0.25, 0.3) is 0 Å². The van der Waals surface area contributed by atoms with E-state index in [0.29, 0.717) is 0 Å². The van der Waals surface area contributed by atoms with E-state index in [1.165, 1.54) is 15.4 Å². The molecule has 0 spiro atoms. The van der Waals surface area contributed by atoms with Crippen LogP contribution in [0.1, 0.15) is 12.5 Å². The van der Waals surface area contributed by atoms with Crippen LogP contribution in [0.5, 0.6) is 0 Å². The topological polar surface area (TPSA) is 26.0 Å². The zero-order valence-electron chi connectivity index (χ0n) is 10.3. The number of halogens is 1. The van der Waals surface area contributed by atoms with Crippen LogP contribution in [-0.2, 0) is 6.42 Å². The molecule has 0 saturated heterocycles. The van der Waals surface area contributed by atoms with Gasteiger partial charge in [0.15, 0.2) is 0 Å². The van der Waals surface area contributed by atoms with Crippen molar-refractivity contribution in [1.82, 2.24) is 0 Å². The molecule has 3 heteroatoms. The fraction of sp³-hybridized carbons (Fsp3) is 0.200. The highest BCUT2D eigenvalue weighted by molar-refractivity contribution is 9.10. The number of nitrogens with two attached hydrogens (primary N) is 1. The standard InChI is InChI=1S/C15H16BrNS/c1-11(17)10-12-6-2-4-8-14(12)18-15-9-5-3-7-13(15)16/h2-9,11H,10,17H2,1H3. The summed E-state index contributed by atoms with van der Waals surface area (Å²) in [6, 6.07) is 16.9. The molecule has 18 heavy (non-hydrogen) atoms. The number of rotatable bonds is 4. The summed E-state index contributed by atoms with van der Waals surface area (Å²) >= 11 is 5.36. The normalized spacial score (nSPS) is 12.4. The number of hydrogen-bond donors (Lipinski definition) is 1. The van der Waals surface area contributed by atoms with Gasteiger partial charge in [0.05, 0.1) is 0 Å². The molecule has 0 bridgehead atoms. The molecule has 1 atom stereocenters. The first-order valence-electron chi connectivity index (χ1n) is 5.92. The van der Waals surface area contributed by atoms with Gasteiger partial charge >= 0.3 is 0 Å². The molecule has 0 amide bonds. The minimum absolute atomic E-state index is 0.186. The summed E-state index contributed by atoms with van der Waals surface area (Å²) in [4.78, 5) is 2.51. The van der Waals surface area contributed by atoms with Gasteiger partial charge in [0.2, 0.25) is 0 Å². The van der Waals surface area contributed by atoms with E-state index in [9.17, 15) is 0 Å². The molecule has 0 radical (unpaired) electrons. The van der Waals surface area contributed by atoms with Crippen molar-refractivity contribution in [2.75, 3.05) is 0 Å². The van der Waals surface area contributed by atoms with E-state index in [4.69, 9.17) is 5.73 Å². The second-order valence-corrected chi connectivity index (χ2v) is 6.26. The predicted molar refractivity (Wildman–Crippen MR) is 82.1 cm³/mol. The second kappa shape index (κ2) is 6.41. The Balaban J connectivity index is 2.26. The predicted octanol–water partition coefficient (Wildman–Crippen LogP) is 4.49. The summed E-state index contributed by atoms with van der Waals surface area (Å²) in [5.41, 5.74) is 7.21. The van der Waals surface area contributed by atoms with E-state index < -0.39 is 0 Å². The molecule has 2 aromatic carbocycles. The van der Waals surface area contributed by atoms with Crippen molar-refractivity contribution in [2.45, 2.75) is 29.2 Å². The molecule has 0 aliphatic rings. The lowest BCUT2D eigenvalue weighted by Gasteiger charge is -2.11. The van der Waals surface area contributed by atoms with Crippen LogP contribution in [0.15, 0.2) is 62.8 Å². The summed E-state index contributed by atoms with van der Waals surface area (Å²) < 4.78 is 1.13. The molecule has 0 saturated carbocycles. The Morgan fingerprint density at radius 1 is 1.06 bits per heavy atom. The van der Waals surface area contributed by atoms with Crippen LogP contribution in [0.25, 0.3) is 0 Å². The van der Waals surface area contributed by atoms with Crippen LogP contribution < -0.4 is 5.73 Å². The average Bonchev–Trinajstić information content (AvgIpc) is 2.34. The Labute approximate surface area is 121 Å². The van der Waals surface area contributed by atoms with Gasteiger partial charge in [-0.2, -0.15) is 0 Å². The zero-order valence-corrected chi connectivity index (χ0v) is 12.7. The fourth-order valence-corrected chi connectivity index (χ4v) is 3.27. The minimum atomic E-state index is 0.186. The molecule has 0 fully saturated rings. The quantitative estimate of drug-likeness (QED) is 0.897. The van der Waals surface area contributed by atoms with E-state index >= 15 is 0 Å². The highest BCUT2D eigenvalue weighted by Crippen LogP contribution is 2.35. The van der Waals surface area contributed by atoms with Crippen LogP contribution >= 0.6 is 27.7 Å². The van der Waals surface area contributed by atoms with Crippen LogP contribution in [-0.4, -0.2) is 6.04 Å². The van der Waals surface area contributed by atoms with Crippen LogP contribution in [0.4, 0.5) is 0 Å². The number of benzene rings is 2. The van der Waals surface area contributed by atoms with E-state index in [0.717, 1.165) is 10.9 Å². The summed E-state index contributed by atoms with van der Waals surface area (Å²) in [6.07, 6.45) is 0.910. The van der Waals surface area contributed by atoms with Crippen molar-refractivity contribution in [1.29, 1.82) is 0 Å². The van der Waals surface area contributed by atoms with Gasteiger partial charge in [-0.1, -0.05) is 42.1 Å². The molecule has 0 aliphatic carbocycles. The first kappa shape index (κ1) is 13.7. The van der Waals surface area contributed by atoms with Crippen LogP contribution in [0.2, 0.25) is 0 Å². The van der Waals surface area contributed by atoms with E-state index in [-0.39, 0.29) is 6.04 Å². The highest BCUT2D eigenvalue weighted by atomic mass is 79.9. The summed E-state index contributed by atoms with van der Waals surface area (Å²) in [7, 11) is 0. The lowest BCUT2D eigenvalue weighted by Crippen LogP contribution is -2.18. The van der Waals surface area contributed by atoms with Crippen molar-refractivity contribution in [3.8, 4) is 0 Å². The van der Waals surface area contributed by atoms with E-state index in [2.05, 4.69) is 58.4 Å². The molecule has 1 nitrogen and oxygen atoms in total. The van der Waals surface area contributed by atoms with Gasteiger partial charge in [0, 0.05) is 20.3 Å². The zero-order chi connectivity index (χ0) is 13.0. The summed E-state index contributed by atoms with van der Waals surface area (Å²) in [5, 5.41) is 0. The van der Waals surface area contributed by atoms with Gasteiger partial charge < -0.3 is 5.73 Å². The van der Waals surface area contributed by atoms with E-state index in [1.807, 2.05) is 13.0 Å². The molecule has 0 heterocycles. The van der Waals surface area contributed by atoms with Crippen LogP contribution in [0, 0.1) is 0 Å². The minimum Gasteiger partial charge on any atom is -0.328 e. The third-order valence-corrected chi connectivity index (χ3v) is 4.72. The number of hydrogen-bond acceptors (Lipinski definition) is 2. The monoisotopic (exact) mass is 321 g/mol. The summed E-state index contributed by atoms with van der Waals surface area (Å²) in [6.45, 7) is 2.04. The molecule has 0 aromatic heterocycles. The van der Waals surface area contributed by atoms with Crippen molar-refractivity contribution in [2.24, 2.45) is 5.73 Å². The van der Waals surface area contributed by atoms with Crippen molar-refractivity contribution in [3.63, 3.8) is 0 Å². The second-order valence-electron chi connectivity index (χ2n) is 4.32. The first-order valence-corrected chi connectivity index (χ1v) is 7.53. The van der Waals surface area contributed by atoms with Gasteiger partial charge in [-0.15, -0.1) is 0 Å². The van der Waals surface area contributed by atoms with Crippen molar-refractivity contribution >= 4 is 27.7 Å². The maximum absolute atomic E-state index is 5.90. The lowest BCUT2D eigenvalue weighted by molar-refractivity contribution is 0.729. The summed E-state index contributed by atoms with van der Waals surface area (Å²) in [5.74, 6) is 0. The highest BCUT2D eigenvalue weighted by Gasteiger charge is 2.07. The molecular formula is C15H16BrNS. The molecule has 94 valence electrons. The fourth-order valence-electron chi connectivity index (χ4n) is 1.76. The van der Waals surface area contributed by atoms with E-state index in [1.54, 1.807) is 11.8 Å². The molecule has 2 N–H and O–H groups in total. The van der Waals surface area contributed by atoms with Crippen LogP contribution in [0.3, 0.4) is 0 Å². The van der Waals surface area contributed by atoms with Gasteiger partial charge in [0.1, 0.15) is 0 Å². The molecule has 2 rings (SSSR count). The van der Waals surface area contributed by atoms with Crippen molar-refractivity contribution in [3.05, 3.63) is 58.6 Å². The Bertz CT molecular complexity index is 525. The SMILES string of the molecule is CC(N)Cc1ccccc1Sc1ccccc1Br. The van der Waals surface area contributed by atoms with Gasteiger partial charge in [-0.3, -0.25) is 0 Å². The lowest BCUT2D eigenvalue weighted by atomic mass is 10.1. The van der Waals surface area contributed by atoms with Gasteiger partial charge in [-0.05, 0) is 53.0 Å². The maximum Gasteiger partial charge on any atom is 0.0314 e. The maximum atomic E-state index is 5.90. The smallest absolute Gasteiger partial charge is 0.0314 e. The third-order valence-electron chi connectivity index (χ3n) is 2.57.